The summed E-state index contributed by atoms with van der Waals surface area (Å²) in [6, 6.07) is 0.674. The van der Waals surface area contributed by atoms with Crippen LogP contribution in [0.25, 0.3) is 0 Å². The Bertz CT molecular complexity index is 247. The molecule has 0 unspecified atom stereocenters. The number of nitrogens with zero attached hydrogens (tertiary/aromatic N) is 3. The van der Waals surface area contributed by atoms with E-state index in [1.54, 1.807) is 0 Å². The highest BCUT2D eigenvalue weighted by molar-refractivity contribution is 5.74. The third-order valence-electron chi connectivity index (χ3n) is 3.39. The van der Waals surface area contributed by atoms with Crippen LogP contribution < -0.4 is 5.32 Å². The number of nitrogens with one attached hydrogen (secondary N) is 1. The molecule has 1 heterocycles. The van der Waals surface area contributed by atoms with Crippen molar-refractivity contribution in [2.45, 2.75) is 26.3 Å². The van der Waals surface area contributed by atoms with Crippen LogP contribution in [0.2, 0.25) is 0 Å². The minimum atomic E-state index is 0.0946. The zero-order chi connectivity index (χ0) is 13.5. The highest BCUT2D eigenvalue weighted by Gasteiger charge is 2.21. The Balaban J connectivity index is 2.16. The molecule has 2 amide bonds. The molecule has 0 aromatic carbocycles. The number of amides is 2. The van der Waals surface area contributed by atoms with Crippen LogP contribution in [0.4, 0.5) is 4.79 Å². The lowest BCUT2D eigenvalue weighted by Gasteiger charge is -2.36. The number of piperazine rings is 1. The van der Waals surface area contributed by atoms with E-state index in [-0.39, 0.29) is 6.03 Å². The summed E-state index contributed by atoms with van der Waals surface area (Å²) >= 11 is 0. The Kier molecular flexibility index (Phi) is 6.43. The van der Waals surface area contributed by atoms with Crippen molar-refractivity contribution in [1.82, 2.24) is 20.0 Å². The molecule has 0 saturated carbocycles. The predicted octanol–water partition coefficient (Wildman–Crippen LogP) is 0.674. The lowest BCUT2D eigenvalue weighted by atomic mass is 10.2. The number of hydrogen-bond acceptors (Lipinski definition) is 3. The first-order chi connectivity index (χ1) is 8.50. The van der Waals surface area contributed by atoms with Crippen molar-refractivity contribution in [3.05, 3.63) is 0 Å². The quantitative estimate of drug-likeness (QED) is 0.735. The van der Waals surface area contributed by atoms with Crippen molar-refractivity contribution in [1.29, 1.82) is 0 Å². The smallest absolute Gasteiger partial charge is 0.317 e. The third kappa shape index (κ3) is 5.23. The molecular formula is C13H28N4O. The van der Waals surface area contributed by atoms with E-state index >= 15 is 0 Å². The van der Waals surface area contributed by atoms with E-state index < -0.39 is 0 Å². The minimum Gasteiger partial charge on any atom is -0.338 e. The molecule has 1 aliphatic heterocycles. The summed E-state index contributed by atoms with van der Waals surface area (Å²) < 4.78 is 0. The molecule has 5 heteroatoms. The van der Waals surface area contributed by atoms with Crippen LogP contribution in [0.3, 0.4) is 0 Å². The van der Waals surface area contributed by atoms with Crippen molar-refractivity contribution in [2.24, 2.45) is 0 Å². The average Bonchev–Trinajstić information content (AvgIpc) is 2.34. The highest BCUT2D eigenvalue weighted by Crippen LogP contribution is 2.05. The normalized spacial score (nSPS) is 17.6. The van der Waals surface area contributed by atoms with Gasteiger partial charge in [0.05, 0.1) is 0 Å². The SMILES string of the molecule is CC(C)N1CCN(C(=O)NCCCN(C)C)CC1. The molecule has 18 heavy (non-hydrogen) atoms. The van der Waals surface area contributed by atoms with Crippen molar-refractivity contribution in [3.8, 4) is 0 Å². The van der Waals surface area contributed by atoms with Gasteiger partial charge in [-0.05, 0) is 40.9 Å². The summed E-state index contributed by atoms with van der Waals surface area (Å²) in [4.78, 5) is 18.4. The molecule has 0 atom stereocenters. The van der Waals surface area contributed by atoms with Crippen molar-refractivity contribution < 1.29 is 4.79 Å². The molecule has 1 N–H and O–H groups in total. The molecule has 1 fully saturated rings. The number of carbonyl (C=O) groups is 1. The highest BCUT2D eigenvalue weighted by atomic mass is 16.2. The second kappa shape index (κ2) is 7.59. The summed E-state index contributed by atoms with van der Waals surface area (Å²) in [7, 11) is 4.10. The van der Waals surface area contributed by atoms with Gasteiger partial charge in [0.25, 0.3) is 0 Å². The van der Waals surface area contributed by atoms with Crippen molar-refractivity contribution in [3.63, 3.8) is 0 Å². The van der Waals surface area contributed by atoms with Gasteiger partial charge in [-0.2, -0.15) is 0 Å². The number of urea groups is 1. The summed E-state index contributed by atoms with van der Waals surface area (Å²) in [5, 5.41) is 2.99. The molecule has 0 bridgehead atoms. The van der Waals surface area contributed by atoms with Crippen LogP contribution in [0, 0.1) is 0 Å². The fourth-order valence-electron chi connectivity index (χ4n) is 2.14. The molecule has 0 aromatic heterocycles. The first-order valence-corrected chi connectivity index (χ1v) is 6.92. The standard InChI is InChI=1S/C13H28N4O/c1-12(2)16-8-10-17(11-9-16)13(18)14-6-5-7-15(3)4/h12H,5-11H2,1-4H3,(H,14,18). The van der Waals surface area contributed by atoms with Gasteiger partial charge in [0.1, 0.15) is 0 Å². The van der Waals surface area contributed by atoms with Crippen LogP contribution in [0.5, 0.6) is 0 Å². The Labute approximate surface area is 111 Å². The van der Waals surface area contributed by atoms with E-state index in [9.17, 15) is 4.79 Å². The number of hydrogen-bond donors (Lipinski definition) is 1. The van der Waals surface area contributed by atoms with Gasteiger partial charge in [-0.1, -0.05) is 0 Å². The fourth-order valence-corrected chi connectivity index (χ4v) is 2.14. The van der Waals surface area contributed by atoms with Gasteiger partial charge in [-0.15, -0.1) is 0 Å². The van der Waals surface area contributed by atoms with Gasteiger partial charge in [0, 0.05) is 38.8 Å². The molecule has 1 aliphatic rings. The topological polar surface area (TPSA) is 38.8 Å². The van der Waals surface area contributed by atoms with Gasteiger partial charge in [-0.3, -0.25) is 4.90 Å². The summed E-state index contributed by atoms with van der Waals surface area (Å²) in [6.45, 7) is 9.86. The monoisotopic (exact) mass is 256 g/mol. The zero-order valence-electron chi connectivity index (χ0n) is 12.3. The molecule has 0 spiro atoms. The first-order valence-electron chi connectivity index (χ1n) is 6.92. The van der Waals surface area contributed by atoms with Gasteiger partial charge in [0.2, 0.25) is 0 Å². The lowest BCUT2D eigenvalue weighted by molar-refractivity contribution is 0.119. The van der Waals surface area contributed by atoms with Gasteiger partial charge >= 0.3 is 6.03 Å². The lowest BCUT2D eigenvalue weighted by Crippen LogP contribution is -2.53. The van der Waals surface area contributed by atoms with E-state index in [2.05, 4.69) is 29.0 Å². The van der Waals surface area contributed by atoms with E-state index in [1.165, 1.54) is 0 Å². The van der Waals surface area contributed by atoms with Crippen LogP contribution >= 0.6 is 0 Å². The van der Waals surface area contributed by atoms with Crippen molar-refractivity contribution in [2.75, 3.05) is 53.4 Å². The zero-order valence-corrected chi connectivity index (χ0v) is 12.3. The van der Waals surface area contributed by atoms with Crippen LogP contribution in [0.1, 0.15) is 20.3 Å². The molecular weight excluding hydrogens is 228 g/mol. The summed E-state index contributed by atoms with van der Waals surface area (Å²) in [5.41, 5.74) is 0. The Morgan fingerprint density at radius 2 is 1.83 bits per heavy atom. The second-order valence-electron chi connectivity index (χ2n) is 5.51. The molecule has 106 valence electrons. The summed E-state index contributed by atoms with van der Waals surface area (Å²) in [6.07, 6.45) is 1.00. The van der Waals surface area contributed by atoms with Crippen molar-refractivity contribution >= 4 is 6.03 Å². The van der Waals surface area contributed by atoms with E-state index in [0.717, 1.165) is 45.7 Å². The Morgan fingerprint density at radius 3 is 2.33 bits per heavy atom. The maximum atomic E-state index is 11.9. The van der Waals surface area contributed by atoms with Crippen LogP contribution in [-0.4, -0.2) is 80.1 Å². The molecule has 0 aromatic rings. The Hall–Kier alpha value is -0.810. The molecule has 1 rings (SSSR count). The van der Waals surface area contributed by atoms with E-state index in [1.807, 2.05) is 19.0 Å². The first kappa shape index (κ1) is 15.2. The second-order valence-corrected chi connectivity index (χ2v) is 5.51. The van der Waals surface area contributed by atoms with Crippen LogP contribution in [-0.2, 0) is 0 Å². The Morgan fingerprint density at radius 1 is 1.22 bits per heavy atom. The maximum Gasteiger partial charge on any atom is 0.317 e. The number of carbonyl (C=O) groups excluding carboxylic acids is 1. The molecule has 0 aliphatic carbocycles. The summed E-state index contributed by atoms with van der Waals surface area (Å²) in [5.74, 6) is 0. The maximum absolute atomic E-state index is 11.9. The third-order valence-corrected chi connectivity index (χ3v) is 3.39. The van der Waals surface area contributed by atoms with Gasteiger partial charge in [-0.25, -0.2) is 4.79 Å². The van der Waals surface area contributed by atoms with E-state index in [4.69, 9.17) is 0 Å². The fraction of sp³-hybridized carbons (Fsp3) is 0.923. The van der Waals surface area contributed by atoms with Gasteiger partial charge < -0.3 is 15.1 Å². The predicted molar refractivity (Wildman–Crippen MR) is 74.9 cm³/mol. The minimum absolute atomic E-state index is 0.0946. The van der Waals surface area contributed by atoms with E-state index in [0.29, 0.717) is 6.04 Å². The largest absolute Gasteiger partial charge is 0.338 e. The molecule has 1 saturated heterocycles. The number of rotatable bonds is 5. The molecule has 0 radical (unpaired) electrons. The van der Waals surface area contributed by atoms with Gasteiger partial charge in [0.15, 0.2) is 0 Å². The average molecular weight is 256 g/mol. The van der Waals surface area contributed by atoms with Crippen LogP contribution in [0.15, 0.2) is 0 Å². The molecule has 5 nitrogen and oxygen atoms in total.